The first-order chi connectivity index (χ1) is 4.85. The Hall–Kier alpha value is -0.440. The Morgan fingerprint density at radius 3 is 2.50 bits per heavy atom. The largest absolute Gasteiger partial charge is 0.107 e. The molecule has 0 heterocycles. The van der Waals surface area contributed by atoms with Crippen LogP contribution in [-0.2, 0) is 0 Å². The van der Waals surface area contributed by atoms with E-state index in [1.807, 2.05) is 6.92 Å². The minimum absolute atomic E-state index is 0. The molecule has 0 aromatic rings. The fourth-order valence-electron chi connectivity index (χ4n) is 1.11. The van der Waals surface area contributed by atoms with Gasteiger partial charge in [0.1, 0.15) is 0 Å². The van der Waals surface area contributed by atoms with E-state index in [1.165, 1.54) is 19.3 Å². The fourth-order valence-corrected chi connectivity index (χ4v) is 1.11. The van der Waals surface area contributed by atoms with Gasteiger partial charge in [0.15, 0.2) is 0 Å². The van der Waals surface area contributed by atoms with Crippen LogP contribution < -0.4 is 0 Å². The second kappa shape index (κ2) is 6.68. The molecule has 0 spiro atoms. The molecule has 0 fully saturated rings. The van der Waals surface area contributed by atoms with Crippen molar-refractivity contribution in [2.45, 2.75) is 46.5 Å². The first-order valence-corrected chi connectivity index (χ1v) is 4.24. The smallest absolute Gasteiger partial charge is 0.0117 e. The summed E-state index contributed by atoms with van der Waals surface area (Å²) in [6.45, 7) is 6.40. The van der Waals surface area contributed by atoms with Gasteiger partial charge < -0.3 is 0 Å². The third-order valence-corrected chi connectivity index (χ3v) is 1.84. The van der Waals surface area contributed by atoms with Crippen LogP contribution in [0, 0.1) is 17.8 Å². The van der Waals surface area contributed by atoms with Crippen LogP contribution >= 0.6 is 0 Å². The maximum Gasteiger partial charge on any atom is 0.0117 e. The lowest BCUT2D eigenvalue weighted by Gasteiger charge is -2.07. The van der Waals surface area contributed by atoms with Gasteiger partial charge in [0, 0.05) is 7.85 Å². The highest BCUT2D eigenvalue weighted by atomic mass is 14.1. The molecule has 0 N–H and O–H groups in total. The summed E-state index contributed by atoms with van der Waals surface area (Å²) in [5, 5.41) is 0. The predicted octanol–water partition coefficient (Wildman–Crippen LogP) is 3.47. The predicted molar refractivity (Wildman–Crippen MR) is 48.9 cm³/mol. The van der Waals surface area contributed by atoms with Gasteiger partial charge in [-0.2, -0.15) is 0 Å². The highest BCUT2D eigenvalue weighted by Gasteiger charge is 2.00. The minimum atomic E-state index is 0. The van der Waals surface area contributed by atoms with Crippen LogP contribution in [0.5, 0.6) is 0 Å². The van der Waals surface area contributed by atoms with Crippen molar-refractivity contribution in [3.63, 3.8) is 0 Å². The minimum Gasteiger partial charge on any atom is -0.107 e. The van der Waals surface area contributed by atoms with Crippen LogP contribution in [0.1, 0.15) is 47.9 Å². The van der Waals surface area contributed by atoms with Crippen molar-refractivity contribution in [3.8, 4) is 11.8 Å². The van der Waals surface area contributed by atoms with E-state index in [0.29, 0.717) is 0 Å². The Morgan fingerprint density at radius 1 is 1.40 bits per heavy atom. The molecular formula is C10H20. The van der Waals surface area contributed by atoms with Crippen molar-refractivity contribution >= 4 is 0 Å². The Bertz CT molecular complexity index is 119. The Kier molecular flexibility index (Phi) is 6.38. The van der Waals surface area contributed by atoms with Crippen molar-refractivity contribution in [3.05, 3.63) is 0 Å². The summed E-state index contributed by atoms with van der Waals surface area (Å²) >= 11 is 0. The molecule has 1 atom stereocenters. The van der Waals surface area contributed by atoms with E-state index < -0.39 is 0 Å². The fraction of sp³-hybridized carbons (Fsp3) is 0.800. The van der Waals surface area contributed by atoms with E-state index in [-0.39, 0.29) is 1.43 Å². The number of hydrogen-bond acceptors (Lipinski definition) is 0. The van der Waals surface area contributed by atoms with Gasteiger partial charge in [0.25, 0.3) is 0 Å². The lowest BCUT2D eigenvalue weighted by atomic mass is 9.97. The molecule has 60 valence electrons. The summed E-state index contributed by atoms with van der Waals surface area (Å²) in [4.78, 5) is 0. The van der Waals surface area contributed by atoms with Gasteiger partial charge in [-0.3, -0.25) is 0 Å². The monoisotopic (exact) mass is 140 g/mol. The number of hydrogen-bond donors (Lipinski definition) is 0. The highest BCUT2D eigenvalue weighted by Crippen LogP contribution is 2.13. The van der Waals surface area contributed by atoms with Crippen molar-refractivity contribution in [1.82, 2.24) is 0 Å². The van der Waals surface area contributed by atoms with Gasteiger partial charge >= 0.3 is 0 Å². The van der Waals surface area contributed by atoms with Gasteiger partial charge in [-0.1, -0.05) is 26.7 Å². The average Bonchev–Trinajstić information content (AvgIpc) is 1.98. The standard InChI is InChI=1S/C10H18.H2/c1-4-7-9-10(6-3)8-5-2;/h10H,5-6,8-9H2,1-3H3;1H. The quantitative estimate of drug-likeness (QED) is 0.524. The normalized spacial score (nSPS) is 11.9. The van der Waals surface area contributed by atoms with Gasteiger partial charge in [0.2, 0.25) is 0 Å². The van der Waals surface area contributed by atoms with Gasteiger partial charge in [-0.25, -0.2) is 0 Å². The van der Waals surface area contributed by atoms with Crippen LogP contribution in [0.3, 0.4) is 0 Å². The Morgan fingerprint density at radius 2 is 2.10 bits per heavy atom. The Labute approximate surface area is 66.5 Å². The second-order valence-electron chi connectivity index (χ2n) is 2.69. The molecule has 0 rings (SSSR count). The lowest BCUT2D eigenvalue weighted by Crippen LogP contribution is -1.95. The SMILES string of the molecule is CC#CCC(CC)CCC.[HH]. The molecule has 0 aromatic heterocycles. The van der Waals surface area contributed by atoms with E-state index in [0.717, 1.165) is 12.3 Å². The van der Waals surface area contributed by atoms with Crippen molar-refractivity contribution in [1.29, 1.82) is 0 Å². The molecular weight excluding hydrogens is 120 g/mol. The molecule has 0 saturated heterocycles. The third kappa shape index (κ3) is 4.44. The van der Waals surface area contributed by atoms with Gasteiger partial charge in [-0.05, 0) is 19.3 Å². The van der Waals surface area contributed by atoms with E-state index in [9.17, 15) is 0 Å². The lowest BCUT2D eigenvalue weighted by molar-refractivity contribution is 0.476. The summed E-state index contributed by atoms with van der Waals surface area (Å²) < 4.78 is 0. The molecule has 0 aliphatic rings. The molecule has 0 saturated carbocycles. The first kappa shape index (κ1) is 9.56. The second-order valence-corrected chi connectivity index (χ2v) is 2.69. The molecule has 0 nitrogen and oxygen atoms in total. The molecule has 0 heteroatoms. The van der Waals surface area contributed by atoms with Gasteiger partial charge in [0.05, 0.1) is 0 Å². The maximum atomic E-state index is 3.13. The maximum absolute atomic E-state index is 3.13. The summed E-state index contributed by atoms with van der Waals surface area (Å²) in [6.07, 6.45) is 5.01. The third-order valence-electron chi connectivity index (χ3n) is 1.84. The summed E-state index contributed by atoms with van der Waals surface area (Å²) in [5.74, 6) is 6.92. The zero-order valence-electron chi connectivity index (χ0n) is 7.41. The first-order valence-electron chi connectivity index (χ1n) is 4.24. The molecule has 0 radical (unpaired) electrons. The van der Waals surface area contributed by atoms with Crippen LogP contribution in [-0.4, -0.2) is 0 Å². The highest BCUT2D eigenvalue weighted by molar-refractivity contribution is 4.96. The van der Waals surface area contributed by atoms with Crippen LogP contribution in [0.4, 0.5) is 0 Å². The zero-order chi connectivity index (χ0) is 7.82. The summed E-state index contributed by atoms with van der Waals surface area (Å²) in [7, 11) is 0. The van der Waals surface area contributed by atoms with Crippen molar-refractivity contribution < 1.29 is 1.43 Å². The topological polar surface area (TPSA) is 0 Å². The van der Waals surface area contributed by atoms with Crippen molar-refractivity contribution in [2.24, 2.45) is 5.92 Å². The summed E-state index contributed by atoms with van der Waals surface area (Å²) in [6, 6.07) is 0. The molecule has 0 bridgehead atoms. The molecule has 0 amide bonds. The molecule has 0 aliphatic heterocycles. The molecule has 0 aliphatic carbocycles. The van der Waals surface area contributed by atoms with E-state index in [1.54, 1.807) is 0 Å². The van der Waals surface area contributed by atoms with E-state index >= 15 is 0 Å². The molecule has 0 aromatic carbocycles. The van der Waals surface area contributed by atoms with Crippen LogP contribution in [0.2, 0.25) is 0 Å². The van der Waals surface area contributed by atoms with Crippen LogP contribution in [0.25, 0.3) is 0 Å². The summed E-state index contributed by atoms with van der Waals surface area (Å²) in [5.41, 5.74) is 0. The van der Waals surface area contributed by atoms with E-state index in [2.05, 4.69) is 25.7 Å². The number of rotatable bonds is 4. The molecule has 1 unspecified atom stereocenters. The van der Waals surface area contributed by atoms with Gasteiger partial charge in [-0.15, -0.1) is 11.8 Å². The van der Waals surface area contributed by atoms with Crippen molar-refractivity contribution in [2.75, 3.05) is 0 Å². The Balaban J connectivity index is 0. The zero-order valence-corrected chi connectivity index (χ0v) is 7.41. The molecule has 10 heavy (non-hydrogen) atoms. The average molecular weight is 140 g/mol. The van der Waals surface area contributed by atoms with Crippen LogP contribution in [0.15, 0.2) is 0 Å². The van der Waals surface area contributed by atoms with E-state index in [4.69, 9.17) is 0 Å².